The van der Waals surface area contributed by atoms with Gasteiger partial charge in [0, 0.05) is 23.1 Å². The van der Waals surface area contributed by atoms with Crippen molar-refractivity contribution in [2.45, 2.75) is 56.9 Å². The summed E-state index contributed by atoms with van der Waals surface area (Å²) in [5.74, 6) is -1.74. The van der Waals surface area contributed by atoms with Crippen LogP contribution in [0.25, 0.3) is 0 Å². The zero-order chi connectivity index (χ0) is 17.4. The van der Waals surface area contributed by atoms with Crippen molar-refractivity contribution in [2.24, 2.45) is 5.92 Å². The van der Waals surface area contributed by atoms with Crippen LogP contribution in [0, 0.1) is 5.92 Å². The summed E-state index contributed by atoms with van der Waals surface area (Å²) in [6, 6.07) is -0.177. The lowest BCUT2D eigenvalue weighted by atomic mass is 9.83. The number of aliphatic hydroxyl groups is 1. The highest BCUT2D eigenvalue weighted by Gasteiger charge is 2.57. The van der Waals surface area contributed by atoms with Gasteiger partial charge < -0.3 is 20.0 Å². The molecule has 0 aromatic heterocycles. The van der Waals surface area contributed by atoms with Crippen LogP contribution in [0.5, 0.6) is 0 Å². The maximum Gasteiger partial charge on any atom is 0.353 e. The first-order valence-electron chi connectivity index (χ1n) is 8.80. The lowest BCUT2D eigenvalue weighted by Crippen LogP contribution is -2.61. The number of amides is 1. The number of aliphatic hydroxyl groups excluding tert-OH is 1. The van der Waals surface area contributed by atoms with Crippen LogP contribution < -0.4 is 0 Å². The number of carboxylic acids is 1. The van der Waals surface area contributed by atoms with E-state index in [4.69, 9.17) is 0 Å². The van der Waals surface area contributed by atoms with Crippen LogP contribution in [-0.4, -0.2) is 68.9 Å². The second-order valence-corrected chi connectivity index (χ2v) is 8.40. The van der Waals surface area contributed by atoms with E-state index in [9.17, 15) is 19.8 Å². The Kier molecular flexibility index (Phi) is 5.22. The largest absolute Gasteiger partial charge is 0.477 e. The second kappa shape index (κ2) is 7.06. The first-order chi connectivity index (χ1) is 11.4. The summed E-state index contributed by atoms with van der Waals surface area (Å²) in [4.78, 5) is 28.5. The van der Waals surface area contributed by atoms with Crippen molar-refractivity contribution >= 4 is 23.6 Å². The minimum Gasteiger partial charge on any atom is -0.477 e. The summed E-state index contributed by atoms with van der Waals surface area (Å²) in [6.07, 6.45) is 3.28. The lowest BCUT2D eigenvalue weighted by Gasteiger charge is -2.44. The van der Waals surface area contributed by atoms with Crippen molar-refractivity contribution in [3.63, 3.8) is 0 Å². The third-order valence-corrected chi connectivity index (χ3v) is 6.62. The van der Waals surface area contributed by atoms with E-state index in [1.165, 1.54) is 17.7 Å². The molecular formula is C17H26N2O4S. The fraction of sp³-hybridized carbons (Fsp3) is 0.765. The third kappa shape index (κ3) is 3.09. The van der Waals surface area contributed by atoms with E-state index < -0.39 is 18.0 Å². The molecule has 4 atom stereocenters. The smallest absolute Gasteiger partial charge is 0.353 e. The number of carboxylic acid groups (broad SMARTS) is 1. The van der Waals surface area contributed by atoms with Crippen LogP contribution in [-0.2, 0) is 9.59 Å². The number of hydrogen-bond acceptors (Lipinski definition) is 5. The minimum atomic E-state index is -1.03. The molecule has 134 valence electrons. The molecule has 6 nitrogen and oxygen atoms in total. The Morgan fingerprint density at radius 2 is 2.21 bits per heavy atom. The molecule has 0 radical (unpaired) electrons. The summed E-state index contributed by atoms with van der Waals surface area (Å²) in [5, 5.41) is 19.7. The van der Waals surface area contributed by atoms with Crippen LogP contribution in [0.15, 0.2) is 10.6 Å². The molecule has 0 saturated carbocycles. The summed E-state index contributed by atoms with van der Waals surface area (Å²) >= 11 is 1.63. The van der Waals surface area contributed by atoms with Crippen molar-refractivity contribution in [1.82, 2.24) is 9.80 Å². The predicted molar refractivity (Wildman–Crippen MR) is 92.4 cm³/mol. The van der Waals surface area contributed by atoms with Crippen LogP contribution >= 0.6 is 11.8 Å². The fourth-order valence-corrected chi connectivity index (χ4v) is 5.49. The van der Waals surface area contributed by atoms with E-state index in [2.05, 4.69) is 11.8 Å². The molecule has 1 amide bonds. The molecule has 0 aromatic rings. The standard InChI is InChI=1S/C17H26N2O4S/c1-3-4-6-18-7-5-11(9-18)24-13-8-12-14(10(2)20)16(21)19(12)15(13)17(22)23/h10-12,14,20H,3-9H2,1-2H3,(H,22,23)/t10?,11?,12-,14?/m1/s1. The van der Waals surface area contributed by atoms with E-state index in [1.54, 1.807) is 18.7 Å². The number of thioether (sulfide) groups is 1. The van der Waals surface area contributed by atoms with Crippen molar-refractivity contribution in [3.05, 3.63) is 10.6 Å². The molecule has 0 aliphatic carbocycles. The average Bonchev–Trinajstić information content (AvgIpc) is 3.07. The maximum absolute atomic E-state index is 12.2. The van der Waals surface area contributed by atoms with Crippen molar-refractivity contribution in [1.29, 1.82) is 0 Å². The molecule has 0 spiro atoms. The molecule has 3 aliphatic heterocycles. The Bertz CT molecular complexity index is 563. The van der Waals surface area contributed by atoms with Crippen LogP contribution in [0.2, 0.25) is 0 Å². The van der Waals surface area contributed by atoms with Gasteiger partial charge in [-0.3, -0.25) is 4.79 Å². The summed E-state index contributed by atoms with van der Waals surface area (Å²) in [7, 11) is 0. The SMILES string of the molecule is CCCCN1CCC(SC2=C(C(=O)O)N3C(=O)C(C(C)O)[C@H]3C2)C1. The number of likely N-dealkylation sites (tertiary alicyclic amines) is 1. The number of nitrogens with zero attached hydrogens (tertiary/aromatic N) is 2. The predicted octanol–water partition coefficient (Wildman–Crippen LogP) is 1.50. The van der Waals surface area contributed by atoms with E-state index in [0.29, 0.717) is 11.7 Å². The topological polar surface area (TPSA) is 81.1 Å². The fourth-order valence-electron chi connectivity index (χ4n) is 4.02. The molecule has 0 bridgehead atoms. The third-order valence-electron chi connectivity index (χ3n) is 5.26. The van der Waals surface area contributed by atoms with E-state index in [0.717, 1.165) is 31.0 Å². The molecule has 2 N–H and O–H groups in total. The molecule has 7 heteroatoms. The lowest BCUT2D eigenvalue weighted by molar-refractivity contribution is -0.161. The number of aliphatic carboxylic acids is 1. The van der Waals surface area contributed by atoms with Crippen molar-refractivity contribution in [2.75, 3.05) is 19.6 Å². The van der Waals surface area contributed by atoms with Gasteiger partial charge in [-0.2, -0.15) is 0 Å². The average molecular weight is 354 g/mol. The quantitative estimate of drug-likeness (QED) is 0.675. The number of unbranched alkanes of at least 4 members (excludes halogenated alkanes) is 1. The van der Waals surface area contributed by atoms with Gasteiger partial charge in [0.25, 0.3) is 0 Å². The highest BCUT2D eigenvalue weighted by atomic mass is 32.2. The maximum atomic E-state index is 12.2. The number of carbonyl (C=O) groups excluding carboxylic acids is 1. The van der Waals surface area contributed by atoms with Crippen molar-refractivity contribution < 1.29 is 19.8 Å². The molecular weight excluding hydrogens is 328 g/mol. The van der Waals surface area contributed by atoms with Crippen LogP contribution in [0.4, 0.5) is 0 Å². The van der Waals surface area contributed by atoms with Gasteiger partial charge in [0.1, 0.15) is 5.70 Å². The van der Waals surface area contributed by atoms with Crippen LogP contribution in [0.1, 0.15) is 39.5 Å². The van der Waals surface area contributed by atoms with E-state index >= 15 is 0 Å². The second-order valence-electron chi connectivity index (χ2n) is 7.01. The number of carbonyl (C=O) groups is 2. The summed E-state index contributed by atoms with van der Waals surface area (Å²) in [6.45, 7) is 6.95. The number of β-lactam (4-membered cyclic amide) rings is 1. The van der Waals surface area contributed by atoms with Crippen LogP contribution in [0.3, 0.4) is 0 Å². The van der Waals surface area contributed by atoms with Gasteiger partial charge >= 0.3 is 5.97 Å². The Hall–Kier alpha value is -1.05. The molecule has 3 unspecified atom stereocenters. The molecule has 3 heterocycles. The Balaban J connectivity index is 1.67. The number of rotatable bonds is 7. The summed E-state index contributed by atoms with van der Waals surface area (Å²) in [5.41, 5.74) is 0.152. The Morgan fingerprint density at radius 3 is 2.83 bits per heavy atom. The van der Waals surface area contributed by atoms with Crippen molar-refractivity contribution in [3.8, 4) is 0 Å². The van der Waals surface area contributed by atoms with Gasteiger partial charge in [-0.25, -0.2) is 4.79 Å². The molecule has 2 saturated heterocycles. The zero-order valence-corrected chi connectivity index (χ0v) is 15.1. The number of fused-ring (bicyclic) bond motifs is 1. The van der Waals surface area contributed by atoms with E-state index in [1.807, 2.05) is 0 Å². The highest BCUT2D eigenvalue weighted by molar-refractivity contribution is 8.03. The van der Waals surface area contributed by atoms with Gasteiger partial charge in [-0.1, -0.05) is 13.3 Å². The first kappa shape index (κ1) is 17.8. The molecule has 3 aliphatic rings. The molecule has 24 heavy (non-hydrogen) atoms. The normalized spacial score (nSPS) is 31.4. The number of hydrogen-bond donors (Lipinski definition) is 2. The monoisotopic (exact) mass is 354 g/mol. The molecule has 2 fully saturated rings. The minimum absolute atomic E-state index is 0.152. The highest BCUT2D eigenvalue weighted by Crippen LogP contribution is 2.48. The van der Waals surface area contributed by atoms with E-state index in [-0.39, 0.29) is 17.6 Å². The van der Waals surface area contributed by atoms with Gasteiger partial charge in [-0.05, 0) is 32.9 Å². The Morgan fingerprint density at radius 1 is 1.46 bits per heavy atom. The Labute approximate surface area is 146 Å². The van der Waals surface area contributed by atoms with Gasteiger partial charge in [0.05, 0.1) is 18.1 Å². The summed E-state index contributed by atoms with van der Waals surface area (Å²) < 4.78 is 0. The van der Waals surface area contributed by atoms with Gasteiger partial charge in [0.2, 0.25) is 5.91 Å². The first-order valence-corrected chi connectivity index (χ1v) is 9.68. The van der Waals surface area contributed by atoms with Gasteiger partial charge in [0.15, 0.2) is 0 Å². The molecule has 0 aromatic carbocycles. The zero-order valence-electron chi connectivity index (χ0n) is 14.3. The van der Waals surface area contributed by atoms with Gasteiger partial charge in [-0.15, -0.1) is 11.8 Å². The molecule has 3 rings (SSSR count).